The number of aliphatic carboxylic acids is 1. The van der Waals surface area contributed by atoms with E-state index in [1.165, 1.54) is 29.8 Å². The molecule has 2 aromatic rings. The molecule has 0 bridgehead atoms. The molecule has 1 saturated heterocycles. The van der Waals surface area contributed by atoms with Gasteiger partial charge >= 0.3 is 23.9 Å². The van der Waals surface area contributed by atoms with Crippen molar-refractivity contribution in [3.63, 3.8) is 0 Å². The minimum absolute atomic E-state index is 0. The fourth-order valence-electron chi connectivity index (χ4n) is 11.3. The zero-order chi connectivity index (χ0) is 72.1. The van der Waals surface area contributed by atoms with Crippen molar-refractivity contribution in [2.24, 2.45) is 69.3 Å². The topological polar surface area (TPSA) is 340 Å². The molecule has 30 heteroatoms. The number of carboxylic acid groups (broad SMARTS) is 1. The second-order valence-corrected chi connectivity index (χ2v) is 29.0. The van der Waals surface area contributed by atoms with Gasteiger partial charge in [0.1, 0.15) is 82.0 Å². The van der Waals surface area contributed by atoms with E-state index in [4.69, 9.17) is 35.7 Å². The number of phenols is 2. The molecule has 0 spiro atoms. The average Bonchev–Trinajstić information content (AvgIpc) is 1.65. The summed E-state index contributed by atoms with van der Waals surface area (Å²) in [4.78, 5) is 89.4. The summed E-state index contributed by atoms with van der Waals surface area (Å²) in [5.74, 6) is 1.37. The first-order chi connectivity index (χ1) is 46.5. The molecule has 558 valence electrons. The van der Waals surface area contributed by atoms with Crippen LogP contribution in [0.25, 0.3) is 11.1 Å². The van der Waals surface area contributed by atoms with Gasteiger partial charge in [-0.2, -0.15) is 0 Å². The Morgan fingerprint density at radius 3 is 1.23 bits per heavy atom. The van der Waals surface area contributed by atoms with Crippen molar-refractivity contribution in [1.29, 1.82) is 0 Å². The predicted molar refractivity (Wildman–Crippen MR) is 423 cm³/mol. The van der Waals surface area contributed by atoms with E-state index >= 15 is 0 Å². The highest BCUT2D eigenvalue weighted by atomic mass is 127. The van der Waals surface area contributed by atoms with Gasteiger partial charge in [-0.05, 0) is 174 Å². The highest BCUT2D eigenvalue weighted by Crippen LogP contribution is 2.42. The Kier molecular flexibility index (Phi) is 35.6. The van der Waals surface area contributed by atoms with Crippen LogP contribution < -0.4 is 21.7 Å². The van der Waals surface area contributed by atoms with Gasteiger partial charge in [0.05, 0.1) is 68.4 Å². The Morgan fingerprint density at radius 2 is 0.891 bits per heavy atom. The van der Waals surface area contributed by atoms with Crippen LogP contribution in [-0.4, -0.2) is 216 Å². The van der Waals surface area contributed by atoms with Gasteiger partial charge in [-0.15, -0.1) is 0 Å². The number of hydrogen-bond donors (Lipinski definition) is 7. The molecule has 11 rings (SSSR count). The van der Waals surface area contributed by atoms with E-state index in [-0.39, 0.29) is 113 Å². The van der Waals surface area contributed by atoms with Gasteiger partial charge in [0.2, 0.25) is 0 Å². The fourth-order valence-corrected chi connectivity index (χ4v) is 13.7. The normalized spacial score (nSPS) is 23.4. The molecule has 0 amide bonds. The van der Waals surface area contributed by atoms with E-state index in [2.05, 4.69) is 118 Å². The summed E-state index contributed by atoms with van der Waals surface area (Å²) in [6.45, 7) is 20.8. The van der Waals surface area contributed by atoms with Crippen LogP contribution >= 0.6 is 56.8 Å². The van der Waals surface area contributed by atoms with Crippen LogP contribution in [0.15, 0.2) is 120 Å². The number of fused-ring (bicyclic) bond motifs is 4. The van der Waals surface area contributed by atoms with Crippen LogP contribution in [0.4, 0.5) is 0 Å². The number of halogens is 3. The minimum Gasteiger partial charge on any atom is -0.508 e. The van der Waals surface area contributed by atoms with Gasteiger partial charge in [0, 0.05) is 92.5 Å². The van der Waals surface area contributed by atoms with E-state index in [9.17, 15) is 29.4 Å². The Labute approximate surface area is 629 Å². The van der Waals surface area contributed by atoms with Crippen LogP contribution in [0.3, 0.4) is 0 Å². The molecule has 0 saturated carbocycles. The van der Waals surface area contributed by atoms with E-state index in [0.29, 0.717) is 44.2 Å². The largest absolute Gasteiger partial charge is 0.508 e. The second kappa shape index (κ2) is 41.0. The summed E-state index contributed by atoms with van der Waals surface area (Å²) in [5, 5.41) is 38.3. The summed E-state index contributed by atoms with van der Waals surface area (Å²) in [6.07, 6.45) is 17.4. The first-order valence-electron chi connectivity index (χ1n) is 32.3. The standard InChI is InChI=1S/C20H26N4O3.C16H18N4O3.C14H21IN4O2.C13H17ClIN3O2.C4H8O.CH5N.3CH4/c1-20(2,3)27-16(26)8-9-24-11-15(13-6-5-7-14(25)10-13)17-18(21-4)22-12-23-19(17)24;1-17-15-14-12(10-3-2-4-11(21)7-10)8-20(6-5-13(22)23)16(14)19-9-18-15;1-14(2,3)21-10(20)5-6-19-7-9(15)11-12(16-4)17-8-18-13(11)19;1-13(2,3)20-9(19)4-5-18-6-8(15)10-11(14)16-7-17-12(10)18;1-2-4-5-3-1;1-2;;;/h5-7,10-12,17,19,25H,8-9H2,1-4H3,(H,21,22,23);2-4,7-9,14,16,21H,5-6H2,1H3,(H,22,23)(H,17,18,19);7-8,11,13H,5-6H2,1-4H3,(H,16,17,18);6-7,10,12H,4-5H2,1-3H3;1-4H2;2H2,1H3;3*1H4. The maximum Gasteiger partial charge on any atom is 0.308 e. The van der Waals surface area contributed by atoms with Crippen LogP contribution in [0.1, 0.15) is 134 Å². The Hall–Kier alpha value is -7.49. The molecular formula is C71H107ClI2N16O11. The summed E-state index contributed by atoms with van der Waals surface area (Å²) in [6, 6.07) is 14.1. The van der Waals surface area contributed by atoms with Gasteiger partial charge in [-0.1, -0.05) is 58.1 Å². The van der Waals surface area contributed by atoms with Gasteiger partial charge in [0.25, 0.3) is 0 Å². The van der Waals surface area contributed by atoms with Crippen molar-refractivity contribution in [2.45, 2.75) is 165 Å². The number of nitrogens with one attached hydrogen (secondary N) is 3. The zero-order valence-electron chi connectivity index (χ0n) is 58.0. The number of esters is 3. The number of hydrogen-bond acceptors (Lipinski definition) is 23. The number of rotatable bonds is 14. The Bertz CT molecular complexity index is 3490. The van der Waals surface area contributed by atoms with Gasteiger partial charge in [-0.25, -0.2) is 25.0 Å². The molecule has 9 aliphatic heterocycles. The molecule has 2 aromatic carbocycles. The molecule has 8 N–H and O–H groups in total. The molecule has 9 heterocycles. The molecule has 0 aromatic heterocycles. The molecule has 8 atom stereocenters. The Balaban J connectivity index is 0.000000337. The number of carbonyl (C=O) groups is 4. The maximum atomic E-state index is 12.1. The predicted octanol–water partition coefficient (Wildman–Crippen LogP) is 10.6. The Morgan fingerprint density at radius 1 is 0.554 bits per heavy atom. The summed E-state index contributed by atoms with van der Waals surface area (Å²) < 4.78 is 23.3. The third-order valence-electron chi connectivity index (χ3n) is 15.3. The van der Waals surface area contributed by atoms with Crippen molar-refractivity contribution in [3.05, 3.63) is 91.6 Å². The van der Waals surface area contributed by atoms with E-state index < -0.39 is 22.8 Å². The minimum atomic E-state index is -0.844. The van der Waals surface area contributed by atoms with E-state index in [1.54, 1.807) is 70.5 Å². The first kappa shape index (κ1) is 87.7. The lowest BCUT2D eigenvalue weighted by molar-refractivity contribution is -0.156. The van der Waals surface area contributed by atoms with Crippen LogP contribution in [0.2, 0.25) is 0 Å². The zero-order valence-corrected chi connectivity index (χ0v) is 63.1. The van der Waals surface area contributed by atoms with Gasteiger partial charge in [0.15, 0.2) is 0 Å². The number of carboxylic acids is 1. The fraction of sp³-hybridized carbons (Fsp3) is 0.549. The van der Waals surface area contributed by atoms with E-state index in [0.717, 1.165) is 56.6 Å². The number of amidine groups is 3. The number of ether oxygens (including phenoxy) is 4. The number of nitrogens with zero attached hydrogens (tertiary/aromatic N) is 12. The molecule has 0 aliphatic carbocycles. The summed E-state index contributed by atoms with van der Waals surface area (Å²) in [5.41, 5.74) is 6.86. The molecule has 101 heavy (non-hydrogen) atoms. The van der Waals surface area contributed by atoms with Crippen molar-refractivity contribution in [2.75, 3.05) is 67.6 Å². The monoisotopic (exact) mass is 1650 g/mol. The van der Waals surface area contributed by atoms with Gasteiger partial charge in [-0.3, -0.25) is 34.2 Å². The van der Waals surface area contributed by atoms with Gasteiger partial charge < -0.3 is 75.6 Å². The third kappa shape index (κ3) is 26.1. The number of nitrogens with two attached hydrogens (primary N) is 1. The molecule has 0 radical (unpaired) electrons. The first-order valence-corrected chi connectivity index (χ1v) is 34.8. The molecule has 27 nitrogen and oxygen atoms in total. The molecule has 1 fully saturated rings. The van der Waals surface area contributed by atoms with Crippen LogP contribution in [0.5, 0.6) is 11.5 Å². The number of benzene rings is 2. The van der Waals surface area contributed by atoms with Crippen LogP contribution in [0, 0.1) is 23.7 Å². The third-order valence-corrected chi connectivity index (χ3v) is 17.6. The highest BCUT2D eigenvalue weighted by molar-refractivity contribution is 14.1. The lowest BCUT2D eigenvalue weighted by atomic mass is 9.91. The number of aliphatic imine (C=N–C) groups is 8. The summed E-state index contributed by atoms with van der Waals surface area (Å²) in [7, 11) is 6.71. The molecular weight excluding hydrogens is 1540 g/mol. The maximum absolute atomic E-state index is 12.1. The van der Waals surface area contributed by atoms with Crippen LogP contribution in [-0.2, 0) is 38.1 Å². The SMILES string of the molecule is C.C.C.C1CCOC1.CC(C)(C)OC(=O)CCN1C=C(I)C2C(Cl)=NC=NC21.CN.CN=C1NC=NC2C1C(I)=CN2CCC(=O)OC(C)(C)C.CN=C1NC=NC2C1C(c1cccc(O)c1)=CN2CCC(=O)O.CN=C1NC=NC2C1C(c1cccc(O)c1)=CN2CCC(=O)OC(C)(C)C. The average molecular weight is 1650 g/mol. The van der Waals surface area contributed by atoms with Crippen molar-refractivity contribution in [1.82, 2.24) is 35.6 Å². The lowest BCUT2D eigenvalue weighted by Gasteiger charge is -2.30. The highest BCUT2D eigenvalue weighted by Gasteiger charge is 2.44. The summed E-state index contributed by atoms with van der Waals surface area (Å²) >= 11 is 10.7. The molecule has 8 unspecified atom stereocenters. The number of carbonyl (C=O) groups excluding carboxylic acids is 3. The quantitative estimate of drug-likeness (QED) is 0.0525. The van der Waals surface area contributed by atoms with Crippen molar-refractivity contribution in [3.8, 4) is 11.5 Å². The number of phenolic OH excluding ortho intramolecular Hbond substituents is 2. The molecule has 9 aliphatic rings. The lowest BCUT2D eigenvalue weighted by Crippen LogP contribution is -2.45. The van der Waals surface area contributed by atoms with Crippen molar-refractivity contribution < 1.29 is 53.4 Å². The van der Waals surface area contributed by atoms with Crippen molar-refractivity contribution >= 4 is 140 Å². The second-order valence-electron chi connectivity index (χ2n) is 26.1. The smallest absolute Gasteiger partial charge is 0.308 e. The van der Waals surface area contributed by atoms with E-state index in [1.807, 2.05) is 114 Å². The number of aromatic hydroxyl groups is 2.